The van der Waals surface area contributed by atoms with Gasteiger partial charge in [-0.15, -0.1) is 0 Å². The first-order valence-electron chi connectivity index (χ1n) is 9.67. The van der Waals surface area contributed by atoms with Gasteiger partial charge in [0, 0.05) is 11.1 Å². The minimum atomic E-state index is -0.912. The molecule has 1 fully saturated rings. The number of para-hydroxylation sites is 1. The fraction of sp³-hybridized carbons (Fsp3) is 0.0417. The van der Waals surface area contributed by atoms with Gasteiger partial charge in [-0.1, -0.05) is 59.6 Å². The van der Waals surface area contributed by atoms with Crippen LogP contribution in [0, 0.1) is 5.82 Å². The Morgan fingerprint density at radius 3 is 2.42 bits per heavy atom. The number of imide groups is 2. The van der Waals surface area contributed by atoms with Gasteiger partial charge in [0.15, 0.2) is 0 Å². The number of hydrogen-bond donors (Lipinski definition) is 1. The Balaban J connectivity index is 1.66. The number of urea groups is 1. The molecule has 3 aromatic rings. The molecular formula is C24H15Cl2FN2O4. The molecule has 1 aliphatic heterocycles. The Bertz CT molecular complexity index is 1310. The quantitative estimate of drug-likeness (QED) is 0.389. The summed E-state index contributed by atoms with van der Waals surface area (Å²) < 4.78 is 19.7. The number of benzene rings is 3. The maximum atomic E-state index is 13.9. The van der Waals surface area contributed by atoms with Crippen molar-refractivity contribution in [2.24, 2.45) is 0 Å². The average molecular weight is 485 g/mol. The van der Waals surface area contributed by atoms with Gasteiger partial charge >= 0.3 is 6.03 Å². The van der Waals surface area contributed by atoms with Crippen LogP contribution in [0.15, 0.2) is 72.3 Å². The molecule has 1 heterocycles. The number of halogens is 3. The van der Waals surface area contributed by atoms with E-state index < -0.39 is 23.7 Å². The Hall–Kier alpha value is -3.68. The van der Waals surface area contributed by atoms with Crippen LogP contribution >= 0.6 is 23.2 Å². The maximum absolute atomic E-state index is 13.9. The van der Waals surface area contributed by atoms with E-state index in [0.29, 0.717) is 16.9 Å². The monoisotopic (exact) mass is 484 g/mol. The van der Waals surface area contributed by atoms with Gasteiger partial charge in [-0.2, -0.15) is 0 Å². The molecule has 9 heteroatoms. The summed E-state index contributed by atoms with van der Waals surface area (Å²) in [6.07, 6.45) is 1.31. The van der Waals surface area contributed by atoms with Crippen molar-refractivity contribution in [1.82, 2.24) is 5.32 Å². The third-order valence-corrected chi connectivity index (χ3v) is 5.56. The zero-order chi connectivity index (χ0) is 23.5. The average Bonchev–Trinajstić information content (AvgIpc) is 2.79. The Kier molecular flexibility index (Phi) is 6.44. The summed E-state index contributed by atoms with van der Waals surface area (Å²) in [5.74, 6) is -1.78. The van der Waals surface area contributed by atoms with Crippen LogP contribution in [0.3, 0.4) is 0 Å². The molecule has 6 nitrogen and oxygen atoms in total. The molecule has 0 bridgehead atoms. The lowest BCUT2D eigenvalue weighted by molar-refractivity contribution is -0.122. The van der Waals surface area contributed by atoms with Gasteiger partial charge in [0.05, 0.1) is 15.7 Å². The summed E-state index contributed by atoms with van der Waals surface area (Å²) in [6.45, 7) is -0.0547. The van der Waals surface area contributed by atoms with Gasteiger partial charge in [0.25, 0.3) is 11.8 Å². The van der Waals surface area contributed by atoms with Crippen LogP contribution in [0.5, 0.6) is 5.75 Å². The fourth-order valence-corrected chi connectivity index (χ4v) is 3.47. The van der Waals surface area contributed by atoms with Crippen LogP contribution in [-0.2, 0) is 16.2 Å². The summed E-state index contributed by atoms with van der Waals surface area (Å²) in [6, 6.07) is 16.1. The minimum Gasteiger partial charge on any atom is -0.488 e. The highest BCUT2D eigenvalue weighted by Crippen LogP contribution is 2.30. The van der Waals surface area contributed by atoms with Crippen LogP contribution in [-0.4, -0.2) is 17.8 Å². The largest absolute Gasteiger partial charge is 0.488 e. The Morgan fingerprint density at radius 1 is 0.939 bits per heavy atom. The first-order valence-corrected chi connectivity index (χ1v) is 10.4. The number of nitrogens with zero attached hydrogens (tertiary/aromatic N) is 1. The van der Waals surface area contributed by atoms with Gasteiger partial charge < -0.3 is 4.74 Å². The summed E-state index contributed by atoms with van der Waals surface area (Å²) in [5, 5.41) is 2.53. The van der Waals surface area contributed by atoms with Gasteiger partial charge in [-0.3, -0.25) is 14.9 Å². The molecule has 0 spiro atoms. The third-order valence-electron chi connectivity index (χ3n) is 4.82. The molecule has 166 valence electrons. The zero-order valence-corrected chi connectivity index (χ0v) is 18.4. The number of anilines is 1. The second-order valence-corrected chi connectivity index (χ2v) is 7.79. The predicted octanol–water partition coefficient (Wildman–Crippen LogP) is 5.38. The highest BCUT2D eigenvalue weighted by molar-refractivity contribution is 6.43. The highest BCUT2D eigenvalue weighted by Gasteiger charge is 2.37. The molecule has 3 aromatic carbocycles. The van der Waals surface area contributed by atoms with E-state index in [9.17, 15) is 18.8 Å². The lowest BCUT2D eigenvalue weighted by atomic mass is 10.1. The molecule has 0 radical (unpaired) electrons. The topological polar surface area (TPSA) is 75.7 Å². The van der Waals surface area contributed by atoms with E-state index in [-0.39, 0.29) is 27.9 Å². The summed E-state index contributed by atoms with van der Waals surface area (Å²) >= 11 is 11.9. The summed E-state index contributed by atoms with van der Waals surface area (Å²) in [5.41, 5.74) is 0.607. The van der Waals surface area contributed by atoms with Crippen molar-refractivity contribution < 1.29 is 23.5 Å². The van der Waals surface area contributed by atoms with Gasteiger partial charge in [-0.25, -0.2) is 14.1 Å². The number of rotatable bonds is 5. The van der Waals surface area contributed by atoms with Crippen LogP contribution in [0.4, 0.5) is 14.9 Å². The molecule has 0 saturated carbocycles. The Morgan fingerprint density at radius 2 is 1.67 bits per heavy atom. The number of amides is 4. The SMILES string of the molecule is O=C1NC(=O)N(c2ccc(Cl)c(Cl)c2)C(=O)/C1=C/c1ccccc1OCc1ccccc1F. The van der Waals surface area contributed by atoms with E-state index in [4.69, 9.17) is 27.9 Å². The smallest absolute Gasteiger partial charge is 0.335 e. The zero-order valence-electron chi connectivity index (χ0n) is 16.8. The predicted molar refractivity (Wildman–Crippen MR) is 123 cm³/mol. The van der Waals surface area contributed by atoms with E-state index in [0.717, 1.165) is 4.90 Å². The molecule has 4 rings (SSSR count). The van der Waals surface area contributed by atoms with E-state index in [1.807, 2.05) is 0 Å². The third kappa shape index (κ3) is 4.74. The molecule has 0 unspecified atom stereocenters. The van der Waals surface area contributed by atoms with Crippen molar-refractivity contribution in [2.75, 3.05) is 4.90 Å². The van der Waals surface area contributed by atoms with Gasteiger partial charge in [-0.05, 0) is 36.4 Å². The molecule has 1 N–H and O–H groups in total. The lowest BCUT2D eigenvalue weighted by Crippen LogP contribution is -2.54. The number of barbiturate groups is 1. The molecule has 1 saturated heterocycles. The molecule has 33 heavy (non-hydrogen) atoms. The highest BCUT2D eigenvalue weighted by atomic mass is 35.5. The first kappa shape index (κ1) is 22.5. The van der Waals surface area contributed by atoms with Gasteiger partial charge in [0.1, 0.15) is 23.7 Å². The van der Waals surface area contributed by atoms with E-state index in [2.05, 4.69) is 5.32 Å². The first-order chi connectivity index (χ1) is 15.8. The number of ether oxygens (including phenoxy) is 1. The van der Waals surface area contributed by atoms with Crippen LogP contribution in [0.25, 0.3) is 6.08 Å². The molecule has 0 aromatic heterocycles. The second kappa shape index (κ2) is 9.44. The van der Waals surface area contributed by atoms with Crippen molar-refractivity contribution >= 4 is 52.8 Å². The fourth-order valence-electron chi connectivity index (χ4n) is 3.17. The molecule has 0 atom stereocenters. The summed E-state index contributed by atoms with van der Waals surface area (Å²) in [4.78, 5) is 38.7. The van der Waals surface area contributed by atoms with Crippen molar-refractivity contribution in [2.45, 2.75) is 6.61 Å². The molecule has 0 aliphatic carbocycles. The van der Waals surface area contributed by atoms with Crippen LogP contribution in [0.1, 0.15) is 11.1 Å². The van der Waals surface area contributed by atoms with Crippen molar-refractivity contribution in [3.63, 3.8) is 0 Å². The number of hydrogen-bond acceptors (Lipinski definition) is 4. The van der Waals surface area contributed by atoms with E-state index in [1.54, 1.807) is 42.5 Å². The van der Waals surface area contributed by atoms with Crippen LogP contribution in [0.2, 0.25) is 10.0 Å². The number of nitrogens with one attached hydrogen (secondary N) is 1. The molecular weight excluding hydrogens is 470 g/mol. The van der Waals surface area contributed by atoms with Crippen molar-refractivity contribution in [3.05, 3.63) is 99.3 Å². The van der Waals surface area contributed by atoms with Crippen molar-refractivity contribution in [1.29, 1.82) is 0 Å². The lowest BCUT2D eigenvalue weighted by Gasteiger charge is -2.26. The maximum Gasteiger partial charge on any atom is 0.335 e. The summed E-state index contributed by atoms with van der Waals surface area (Å²) in [7, 11) is 0. The minimum absolute atomic E-state index is 0.0547. The van der Waals surface area contributed by atoms with Gasteiger partial charge in [0.2, 0.25) is 0 Å². The normalized spacial score (nSPS) is 15.1. The number of carbonyl (C=O) groups is 3. The number of carbonyl (C=O) groups excluding carboxylic acids is 3. The van der Waals surface area contributed by atoms with E-state index in [1.165, 1.54) is 30.3 Å². The van der Waals surface area contributed by atoms with Crippen molar-refractivity contribution in [3.8, 4) is 5.75 Å². The molecule has 4 amide bonds. The van der Waals surface area contributed by atoms with E-state index >= 15 is 0 Å². The van der Waals surface area contributed by atoms with Crippen LogP contribution < -0.4 is 15.0 Å². The molecule has 1 aliphatic rings. The Labute approximate surface area is 198 Å². The standard InChI is InChI=1S/C24H15Cl2FN2O4/c25-18-10-9-16(12-19(18)26)29-23(31)17(22(30)28-24(29)32)11-14-5-2-4-8-21(14)33-13-15-6-1-3-7-20(15)27/h1-12H,13H2,(H,28,30,32)/b17-11+. The second-order valence-electron chi connectivity index (χ2n) is 6.97.